The first kappa shape index (κ1) is 13.0. The van der Waals surface area contributed by atoms with Gasteiger partial charge in [-0.15, -0.1) is 0 Å². The second kappa shape index (κ2) is 5.44. The zero-order valence-corrected chi connectivity index (χ0v) is 10.2. The van der Waals surface area contributed by atoms with Gasteiger partial charge in [0.1, 0.15) is 11.6 Å². The van der Waals surface area contributed by atoms with E-state index in [1.54, 1.807) is 0 Å². The van der Waals surface area contributed by atoms with Gasteiger partial charge in [0.2, 0.25) is 5.91 Å². The van der Waals surface area contributed by atoms with Crippen LogP contribution >= 0.6 is 0 Å². The summed E-state index contributed by atoms with van der Waals surface area (Å²) in [5.41, 5.74) is 0.0348. The Kier molecular flexibility index (Phi) is 3.91. The summed E-state index contributed by atoms with van der Waals surface area (Å²) >= 11 is 0. The normalized spacial score (nSPS) is 23.7. The highest BCUT2D eigenvalue weighted by molar-refractivity contribution is 5.92. The van der Waals surface area contributed by atoms with Crippen LogP contribution in [-0.2, 0) is 4.79 Å². The van der Waals surface area contributed by atoms with Crippen LogP contribution in [0.25, 0.3) is 0 Å². The Bertz CT molecular complexity index is 451. The summed E-state index contributed by atoms with van der Waals surface area (Å²) in [4.78, 5) is 12.0. The molecule has 3 nitrogen and oxygen atoms in total. The summed E-state index contributed by atoms with van der Waals surface area (Å²) in [7, 11) is 0. The average molecular weight is 254 g/mol. The fourth-order valence-electron chi connectivity index (χ4n) is 2.20. The van der Waals surface area contributed by atoms with Gasteiger partial charge in [-0.2, -0.15) is 0 Å². The Morgan fingerprint density at radius 3 is 2.89 bits per heavy atom. The molecule has 0 aromatic heterocycles. The van der Waals surface area contributed by atoms with Crippen molar-refractivity contribution in [2.24, 2.45) is 5.92 Å². The molecule has 0 spiro atoms. The summed E-state index contributed by atoms with van der Waals surface area (Å²) in [5.74, 6) is -1.72. The Morgan fingerprint density at radius 1 is 1.44 bits per heavy atom. The van der Waals surface area contributed by atoms with E-state index in [0.717, 1.165) is 31.5 Å². The Labute approximate surface area is 105 Å². The number of nitrogens with one attached hydrogen (secondary N) is 2. The van der Waals surface area contributed by atoms with Crippen LogP contribution in [0.4, 0.5) is 14.5 Å². The van der Waals surface area contributed by atoms with E-state index in [4.69, 9.17) is 0 Å². The predicted octanol–water partition coefficient (Wildman–Crippen LogP) is 2.29. The lowest BCUT2D eigenvalue weighted by Crippen LogP contribution is -2.40. The third-order valence-corrected chi connectivity index (χ3v) is 3.18. The molecule has 1 aliphatic rings. The van der Waals surface area contributed by atoms with Crippen molar-refractivity contribution < 1.29 is 13.6 Å². The number of amides is 1. The maximum atomic E-state index is 13.4. The van der Waals surface area contributed by atoms with Crippen LogP contribution in [0.1, 0.15) is 19.8 Å². The molecule has 1 amide bonds. The summed E-state index contributed by atoms with van der Waals surface area (Å²) in [6.45, 7) is 2.79. The van der Waals surface area contributed by atoms with E-state index in [-0.39, 0.29) is 23.6 Å². The first-order valence-electron chi connectivity index (χ1n) is 6.05. The van der Waals surface area contributed by atoms with Crippen molar-refractivity contribution in [2.75, 3.05) is 11.9 Å². The van der Waals surface area contributed by atoms with Gasteiger partial charge in [0.05, 0.1) is 5.69 Å². The lowest BCUT2D eigenvalue weighted by Gasteiger charge is -2.27. The van der Waals surface area contributed by atoms with E-state index in [1.165, 1.54) is 6.07 Å². The molecule has 1 fully saturated rings. The summed E-state index contributed by atoms with van der Waals surface area (Å²) < 4.78 is 26.1. The number of benzene rings is 1. The van der Waals surface area contributed by atoms with Crippen LogP contribution in [-0.4, -0.2) is 18.5 Å². The number of anilines is 1. The van der Waals surface area contributed by atoms with Gasteiger partial charge in [-0.25, -0.2) is 8.78 Å². The molecule has 1 saturated heterocycles. The van der Waals surface area contributed by atoms with Crippen LogP contribution in [0.2, 0.25) is 0 Å². The molecular weight excluding hydrogens is 238 g/mol. The molecule has 2 atom stereocenters. The zero-order chi connectivity index (χ0) is 13.1. The zero-order valence-electron chi connectivity index (χ0n) is 10.2. The third-order valence-electron chi connectivity index (χ3n) is 3.18. The van der Waals surface area contributed by atoms with Crippen LogP contribution in [0.5, 0.6) is 0 Å². The van der Waals surface area contributed by atoms with E-state index in [0.29, 0.717) is 0 Å². The lowest BCUT2D eigenvalue weighted by atomic mass is 9.92. The van der Waals surface area contributed by atoms with Gasteiger partial charge in [-0.1, -0.05) is 0 Å². The number of carbonyl (C=O) groups is 1. The number of rotatable bonds is 2. The van der Waals surface area contributed by atoms with E-state index in [9.17, 15) is 13.6 Å². The Hall–Kier alpha value is -1.49. The number of hydrogen-bond donors (Lipinski definition) is 2. The maximum absolute atomic E-state index is 13.4. The van der Waals surface area contributed by atoms with Crippen molar-refractivity contribution in [1.29, 1.82) is 0 Å². The topological polar surface area (TPSA) is 41.1 Å². The molecule has 1 heterocycles. The van der Waals surface area contributed by atoms with E-state index in [2.05, 4.69) is 10.6 Å². The number of hydrogen-bond acceptors (Lipinski definition) is 2. The van der Waals surface area contributed by atoms with Gasteiger partial charge >= 0.3 is 0 Å². The Morgan fingerprint density at radius 2 is 2.22 bits per heavy atom. The molecule has 18 heavy (non-hydrogen) atoms. The first-order chi connectivity index (χ1) is 8.56. The predicted molar refractivity (Wildman–Crippen MR) is 65.2 cm³/mol. The second-order valence-electron chi connectivity index (χ2n) is 4.69. The largest absolute Gasteiger partial charge is 0.323 e. The van der Waals surface area contributed by atoms with Crippen molar-refractivity contribution in [3.8, 4) is 0 Å². The highest BCUT2D eigenvalue weighted by atomic mass is 19.1. The van der Waals surface area contributed by atoms with Crippen molar-refractivity contribution in [1.82, 2.24) is 5.32 Å². The fraction of sp³-hybridized carbons (Fsp3) is 0.462. The minimum atomic E-state index is -0.745. The molecule has 0 bridgehead atoms. The van der Waals surface area contributed by atoms with Crippen molar-refractivity contribution in [3.63, 3.8) is 0 Å². The molecule has 98 valence electrons. The number of halogens is 2. The molecule has 0 saturated carbocycles. The monoisotopic (exact) mass is 254 g/mol. The van der Waals surface area contributed by atoms with Gasteiger partial charge < -0.3 is 10.6 Å². The molecule has 0 unspecified atom stereocenters. The summed E-state index contributed by atoms with van der Waals surface area (Å²) in [6, 6.07) is 3.42. The molecule has 1 aromatic carbocycles. The number of carbonyl (C=O) groups excluding carboxylic acids is 1. The van der Waals surface area contributed by atoms with Crippen LogP contribution in [0, 0.1) is 17.6 Å². The van der Waals surface area contributed by atoms with Crippen molar-refractivity contribution in [3.05, 3.63) is 29.8 Å². The van der Waals surface area contributed by atoms with Gasteiger partial charge in [0.15, 0.2) is 0 Å². The lowest BCUT2D eigenvalue weighted by molar-refractivity contribution is -0.120. The van der Waals surface area contributed by atoms with Gasteiger partial charge in [-0.3, -0.25) is 4.79 Å². The fourth-order valence-corrected chi connectivity index (χ4v) is 2.20. The maximum Gasteiger partial charge on any atom is 0.227 e. The summed E-state index contributed by atoms with van der Waals surface area (Å²) in [5, 5.41) is 5.77. The first-order valence-corrected chi connectivity index (χ1v) is 6.05. The van der Waals surface area contributed by atoms with Crippen LogP contribution < -0.4 is 10.6 Å². The molecule has 0 radical (unpaired) electrons. The quantitative estimate of drug-likeness (QED) is 0.850. The molecule has 0 aliphatic carbocycles. The minimum absolute atomic E-state index is 0.0348. The van der Waals surface area contributed by atoms with Gasteiger partial charge in [0, 0.05) is 18.0 Å². The van der Waals surface area contributed by atoms with Gasteiger partial charge in [-0.05, 0) is 38.4 Å². The molecular formula is C13H16F2N2O. The van der Waals surface area contributed by atoms with Crippen molar-refractivity contribution >= 4 is 11.6 Å². The van der Waals surface area contributed by atoms with E-state index >= 15 is 0 Å². The minimum Gasteiger partial charge on any atom is -0.323 e. The summed E-state index contributed by atoms with van der Waals surface area (Å²) in [6.07, 6.45) is 1.47. The number of piperidine rings is 1. The average Bonchev–Trinajstić information content (AvgIpc) is 2.32. The molecule has 1 aromatic rings. The highest BCUT2D eigenvalue weighted by Crippen LogP contribution is 2.20. The van der Waals surface area contributed by atoms with E-state index in [1.807, 2.05) is 6.92 Å². The smallest absolute Gasteiger partial charge is 0.227 e. The highest BCUT2D eigenvalue weighted by Gasteiger charge is 2.25. The van der Waals surface area contributed by atoms with Crippen LogP contribution in [0.15, 0.2) is 18.2 Å². The molecule has 2 rings (SSSR count). The molecule has 2 N–H and O–H groups in total. The SMILES string of the molecule is C[C@H]1C[C@@H](C(=O)Nc2ccc(F)cc2F)CCN1. The third kappa shape index (κ3) is 3.04. The second-order valence-corrected chi connectivity index (χ2v) is 4.69. The molecule has 5 heteroatoms. The standard InChI is InChI=1S/C13H16F2N2O/c1-8-6-9(4-5-16-8)13(18)17-12-3-2-10(14)7-11(12)15/h2-3,7-9,16H,4-6H2,1H3,(H,17,18)/t8-,9-/m0/s1. The Balaban J connectivity index is 2.02. The van der Waals surface area contributed by atoms with E-state index < -0.39 is 11.6 Å². The van der Waals surface area contributed by atoms with Gasteiger partial charge in [0.25, 0.3) is 0 Å². The van der Waals surface area contributed by atoms with Crippen LogP contribution in [0.3, 0.4) is 0 Å². The van der Waals surface area contributed by atoms with Crippen molar-refractivity contribution in [2.45, 2.75) is 25.8 Å². The molecule has 1 aliphatic heterocycles.